The lowest BCUT2D eigenvalue weighted by molar-refractivity contribution is 0.386. The van der Waals surface area contributed by atoms with Crippen LogP contribution in [0.4, 0.5) is 4.39 Å². The maximum atomic E-state index is 13.8. The van der Waals surface area contributed by atoms with Gasteiger partial charge in [-0.25, -0.2) is 4.39 Å². The quantitative estimate of drug-likeness (QED) is 0.701. The van der Waals surface area contributed by atoms with Gasteiger partial charge in [0, 0.05) is 11.8 Å². The molecule has 0 fully saturated rings. The molecule has 1 atom stereocenters. The second-order valence-corrected chi connectivity index (χ2v) is 6.83. The van der Waals surface area contributed by atoms with Gasteiger partial charge in [0.2, 0.25) is 0 Å². The van der Waals surface area contributed by atoms with E-state index in [0.717, 1.165) is 30.7 Å². The zero-order valence-electron chi connectivity index (χ0n) is 13.6. The topological polar surface area (TPSA) is 21.3 Å². The molecular formula is C17H28FNOS. The van der Waals surface area contributed by atoms with Crippen molar-refractivity contribution in [3.63, 3.8) is 0 Å². The molecule has 1 aromatic carbocycles. The minimum absolute atomic E-state index is 0.279. The second kappa shape index (κ2) is 10.1. The summed E-state index contributed by atoms with van der Waals surface area (Å²) in [5, 5.41) is 3.57. The average molecular weight is 313 g/mol. The molecule has 0 aromatic heterocycles. The van der Waals surface area contributed by atoms with Gasteiger partial charge in [0.1, 0.15) is 0 Å². The molecule has 2 nitrogen and oxygen atoms in total. The second-order valence-electron chi connectivity index (χ2n) is 5.76. The maximum absolute atomic E-state index is 13.8. The first kappa shape index (κ1) is 18.3. The lowest BCUT2D eigenvalue weighted by Crippen LogP contribution is -2.34. The molecule has 1 N–H and O–H groups in total. The number of methoxy groups -OCH3 is 1. The van der Waals surface area contributed by atoms with Crippen LogP contribution in [0.2, 0.25) is 0 Å². The fourth-order valence-corrected chi connectivity index (χ4v) is 3.23. The number of hydrogen-bond acceptors (Lipinski definition) is 3. The van der Waals surface area contributed by atoms with E-state index < -0.39 is 0 Å². The highest BCUT2D eigenvalue weighted by Crippen LogP contribution is 2.19. The Hall–Kier alpha value is -0.740. The molecule has 0 spiro atoms. The molecule has 1 unspecified atom stereocenters. The molecule has 0 amide bonds. The molecule has 21 heavy (non-hydrogen) atoms. The van der Waals surface area contributed by atoms with E-state index in [4.69, 9.17) is 4.74 Å². The van der Waals surface area contributed by atoms with Crippen LogP contribution in [0.3, 0.4) is 0 Å². The van der Waals surface area contributed by atoms with Gasteiger partial charge in [-0.3, -0.25) is 0 Å². The molecule has 0 radical (unpaired) electrons. The van der Waals surface area contributed by atoms with Gasteiger partial charge in [-0.15, -0.1) is 0 Å². The first-order valence-corrected chi connectivity index (χ1v) is 8.85. The molecule has 0 bridgehead atoms. The van der Waals surface area contributed by atoms with E-state index >= 15 is 0 Å². The monoisotopic (exact) mass is 313 g/mol. The number of rotatable bonds is 10. The minimum atomic E-state index is -0.279. The van der Waals surface area contributed by atoms with Crippen molar-refractivity contribution < 1.29 is 9.13 Å². The Morgan fingerprint density at radius 1 is 1.29 bits per heavy atom. The third-order valence-corrected chi connectivity index (χ3v) is 4.69. The summed E-state index contributed by atoms with van der Waals surface area (Å²) in [4.78, 5) is 0. The maximum Gasteiger partial charge on any atom is 0.165 e. The lowest BCUT2D eigenvalue weighted by Gasteiger charge is -2.19. The van der Waals surface area contributed by atoms with Gasteiger partial charge in [-0.05, 0) is 48.8 Å². The number of benzene rings is 1. The molecule has 1 aromatic rings. The molecule has 0 aliphatic rings. The van der Waals surface area contributed by atoms with E-state index in [0.29, 0.717) is 17.7 Å². The fraction of sp³-hybridized carbons (Fsp3) is 0.647. The van der Waals surface area contributed by atoms with Gasteiger partial charge in [0.15, 0.2) is 11.6 Å². The van der Waals surface area contributed by atoms with Gasteiger partial charge >= 0.3 is 0 Å². The van der Waals surface area contributed by atoms with Gasteiger partial charge in [-0.2, -0.15) is 11.8 Å². The summed E-state index contributed by atoms with van der Waals surface area (Å²) in [7, 11) is 1.49. The van der Waals surface area contributed by atoms with Crippen molar-refractivity contribution in [2.24, 2.45) is 5.92 Å². The van der Waals surface area contributed by atoms with E-state index in [9.17, 15) is 4.39 Å². The van der Waals surface area contributed by atoms with Crippen LogP contribution in [0, 0.1) is 11.7 Å². The smallest absolute Gasteiger partial charge is 0.165 e. The first-order valence-electron chi connectivity index (χ1n) is 7.70. The molecule has 0 saturated carbocycles. The summed E-state index contributed by atoms with van der Waals surface area (Å²) in [5.41, 5.74) is 1.02. The zero-order chi connectivity index (χ0) is 15.7. The molecule has 0 heterocycles. The summed E-state index contributed by atoms with van der Waals surface area (Å²) < 4.78 is 18.7. The highest BCUT2D eigenvalue weighted by Gasteiger charge is 2.11. The summed E-state index contributed by atoms with van der Waals surface area (Å²) in [6, 6.07) is 5.65. The van der Waals surface area contributed by atoms with E-state index in [2.05, 4.69) is 26.1 Å². The standard InChI is InChI=1S/C17H28FNOS/c1-5-8-19-15(12-21-11-13(2)3)9-14-6-7-17(20-4)16(18)10-14/h6-7,10,13,15,19H,5,8-9,11-12H2,1-4H3. The van der Waals surface area contributed by atoms with E-state index in [-0.39, 0.29) is 5.82 Å². The summed E-state index contributed by atoms with van der Waals surface area (Å²) >= 11 is 1.97. The van der Waals surface area contributed by atoms with E-state index in [1.54, 1.807) is 12.1 Å². The minimum Gasteiger partial charge on any atom is -0.494 e. The third-order valence-electron chi connectivity index (χ3n) is 3.15. The Balaban J connectivity index is 2.59. The van der Waals surface area contributed by atoms with Crippen LogP contribution in [0.1, 0.15) is 32.8 Å². The molecule has 1 rings (SSSR count). The van der Waals surface area contributed by atoms with Crippen molar-refractivity contribution >= 4 is 11.8 Å². The zero-order valence-corrected chi connectivity index (χ0v) is 14.4. The lowest BCUT2D eigenvalue weighted by atomic mass is 10.1. The summed E-state index contributed by atoms with van der Waals surface area (Å²) in [6.45, 7) is 7.64. The predicted octanol–water partition coefficient (Wildman–Crippen LogP) is 4.13. The molecule has 0 saturated heterocycles. The first-order chi connectivity index (χ1) is 10.1. The number of ether oxygens (including phenoxy) is 1. The molecule has 120 valence electrons. The van der Waals surface area contributed by atoms with Gasteiger partial charge in [0.25, 0.3) is 0 Å². The van der Waals surface area contributed by atoms with Crippen molar-refractivity contribution in [2.45, 2.75) is 39.7 Å². The van der Waals surface area contributed by atoms with E-state index in [1.165, 1.54) is 12.9 Å². The van der Waals surface area contributed by atoms with Crippen LogP contribution in [-0.2, 0) is 6.42 Å². The Bertz CT molecular complexity index is 412. The average Bonchev–Trinajstić information content (AvgIpc) is 2.44. The number of hydrogen-bond donors (Lipinski definition) is 1. The normalized spacial score (nSPS) is 12.7. The molecular weight excluding hydrogens is 285 g/mol. The summed E-state index contributed by atoms with van der Waals surface area (Å²) in [5.74, 6) is 2.97. The predicted molar refractivity (Wildman–Crippen MR) is 90.9 cm³/mol. The van der Waals surface area contributed by atoms with E-state index in [1.807, 2.05) is 17.8 Å². The van der Waals surface area contributed by atoms with Gasteiger partial charge in [0.05, 0.1) is 7.11 Å². The van der Waals surface area contributed by atoms with Crippen molar-refractivity contribution in [1.29, 1.82) is 0 Å². The Morgan fingerprint density at radius 3 is 2.62 bits per heavy atom. The van der Waals surface area contributed by atoms with Gasteiger partial charge in [-0.1, -0.05) is 26.8 Å². The highest BCUT2D eigenvalue weighted by atomic mass is 32.2. The SMILES string of the molecule is CCCNC(CSCC(C)C)Cc1ccc(OC)c(F)c1. The van der Waals surface area contributed by atoms with Crippen LogP contribution in [0.5, 0.6) is 5.75 Å². The molecule has 0 aliphatic heterocycles. The fourth-order valence-electron chi connectivity index (χ4n) is 2.11. The Kier molecular flexibility index (Phi) is 8.77. The van der Waals surface area contributed by atoms with Crippen LogP contribution in [-0.4, -0.2) is 31.2 Å². The van der Waals surface area contributed by atoms with Crippen molar-refractivity contribution in [2.75, 3.05) is 25.2 Å². The van der Waals surface area contributed by atoms with Crippen LogP contribution >= 0.6 is 11.8 Å². The highest BCUT2D eigenvalue weighted by molar-refractivity contribution is 7.99. The Labute approximate surface area is 132 Å². The van der Waals surface area contributed by atoms with Crippen LogP contribution < -0.4 is 10.1 Å². The largest absolute Gasteiger partial charge is 0.494 e. The molecule has 0 aliphatic carbocycles. The van der Waals surface area contributed by atoms with Crippen LogP contribution in [0.25, 0.3) is 0 Å². The van der Waals surface area contributed by atoms with Crippen molar-refractivity contribution in [3.8, 4) is 5.75 Å². The number of halogens is 1. The van der Waals surface area contributed by atoms with Crippen molar-refractivity contribution in [1.82, 2.24) is 5.32 Å². The molecule has 4 heteroatoms. The Morgan fingerprint density at radius 2 is 2.05 bits per heavy atom. The third kappa shape index (κ3) is 7.18. The van der Waals surface area contributed by atoms with Crippen molar-refractivity contribution in [3.05, 3.63) is 29.6 Å². The van der Waals surface area contributed by atoms with Gasteiger partial charge < -0.3 is 10.1 Å². The number of nitrogens with one attached hydrogen (secondary N) is 1. The summed E-state index contributed by atoms with van der Waals surface area (Å²) in [6.07, 6.45) is 1.97. The number of thioether (sulfide) groups is 1. The van der Waals surface area contributed by atoms with Crippen LogP contribution in [0.15, 0.2) is 18.2 Å².